The smallest absolute Gasteiger partial charge is 0.254 e. The molecule has 1 amide bonds. The molecule has 0 saturated heterocycles. The van der Waals surface area contributed by atoms with Gasteiger partial charge in [-0.15, -0.1) is 0 Å². The molecule has 1 aromatic heterocycles. The van der Waals surface area contributed by atoms with E-state index < -0.39 is 6.10 Å². The Labute approximate surface area is 112 Å². The highest BCUT2D eigenvalue weighted by molar-refractivity contribution is 5.95. The molecule has 0 aliphatic carbocycles. The number of carbonyl (C=O) groups is 1. The van der Waals surface area contributed by atoms with E-state index in [4.69, 9.17) is 4.42 Å². The van der Waals surface area contributed by atoms with E-state index in [1.807, 2.05) is 31.2 Å². The minimum absolute atomic E-state index is 0.175. The summed E-state index contributed by atoms with van der Waals surface area (Å²) < 4.78 is 5.07. The van der Waals surface area contributed by atoms with Gasteiger partial charge < -0.3 is 14.8 Å². The molecule has 1 aromatic carbocycles. The average Bonchev–Trinajstić information content (AvgIpc) is 2.82. The fourth-order valence-electron chi connectivity index (χ4n) is 1.98. The number of hydrogen-bond acceptors (Lipinski definition) is 3. The first kappa shape index (κ1) is 13.4. The molecule has 1 unspecified atom stereocenters. The molecule has 2 aromatic rings. The Bertz CT molecular complexity index is 574. The zero-order valence-electron chi connectivity index (χ0n) is 11.0. The SMILES string of the molecule is Cc1ccccc1C(O)CNC(=O)c1ccoc1C. The fraction of sp³-hybridized carbons (Fsp3) is 0.267. The Balaban J connectivity index is 1.98. The van der Waals surface area contributed by atoms with Gasteiger partial charge in [0, 0.05) is 6.54 Å². The maximum Gasteiger partial charge on any atom is 0.254 e. The third-order valence-corrected chi connectivity index (χ3v) is 3.11. The molecule has 0 aliphatic heterocycles. The topological polar surface area (TPSA) is 62.5 Å². The molecule has 4 heteroatoms. The van der Waals surface area contributed by atoms with Crippen LogP contribution in [0.3, 0.4) is 0 Å². The molecule has 2 N–H and O–H groups in total. The lowest BCUT2D eigenvalue weighted by Gasteiger charge is -2.14. The van der Waals surface area contributed by atoms with Gasteiger partial charge in [-0.3, -0.25) is 4.79 Å². The van der Waals surface area contributed by atoms with Crippen LogP contribution in [0.15, 0.2) is 41.0 Å². The average molecular weight is 259 g/mol. The number of rotatable bonds is 4. The molecule has 1 atom stereocenters. The standard InChI is InChI=1S/C15H17NO3/c1-10-5-3-4-6-12(10)14(17)9-16-15(18)13-7-8-19-11(13)2/h3-8,14,17H,9H2,1-2H3,(H,16,18). The summed E-state index contributed by atoms with van der Waals surface area (Å²) in [6.07, 6.45) is 0.763. The van der Waals surface area contributed by atoms with Gasteiger partial charge in [-0.1, -0.05) is 24.3 Å². The summed E-state index contributed by atoms with van der Waals surface area (Å²) in [5.74, 6) is 0.335. The van der Waals surface area contributed by atoms with Gasteiger partial charge in [0.1, 0.15) is 5.76 Å². The summed E-state index contributed by atoms with van der Waals surface area (Å²) in [7, 11) is 0. The van der Waals surface area contributed by atoms with Gasteiger partial charge in [-0.25, -0.2) is 0 Å². The molecule has 0 bridgehead atoms. The van der Waals surface area contributed by atoms with E-state index in [2.05, 4.69) is 5.32 Å². The molecule has 2 rings (SSSR count). The second-order valence-corrected chi connectivity index (χ2v) is 4.47. The van der Waals surface area contributed by atoms with Gasteiger partial charge >= 0.3 is 0 Å². The van der Waals surface area contributed by atoms with E-state index in [-0.39, 0.29) is 12.5 Å². The van der Waals surface area contributed by atoms with E-state index in [1.165, 1.54) is 6.26 Å². The number of carbonyl (C=O) groups excluding carboxylic acids is 1. The second kappa shape index (κ2) is 5.71. The van der Waals surface area contributed by atoms with E-state index in [0.29, 0.717) is 11.3 Å². The van der Waals surface area contributed by atoms with Gasteiger partial charge in [0.25, 0.3) is 5.91 Å². The second-order valence-electron chi connectivity index (χ2n) is 4.47. The van der Waals surface area contributed by atoms with Crippen molar-refractivity contribution in [2.24, 2.45) is 0 Å². The third-order valence-electron chi connectivity index (χ3n) is 3.11. The van der Waals surface area contributed by atoms with Gasteiger partial charge in [0.05, 0.1) is 17.9 Å². The molecule has 0 spiro atoms. The maximum atomic E-state index is 11.9. The van der Waals surface area contributed by atoms with Crippen LogP contribution >= 0.6 is 0 Å². The minimum Gasteiger partial charge on any atom is -0.469 e. The lowest BCUT2D eigenvalue weighted by Crippen LogP contribution is -2.28. The van der Waals surface area contributed by atoms with Crippen molar-refractivity contribution in [2.45, 2.75) is 20.0 Å². The van der Waals surface area contributed by atoms with Crippen molar-refractivity contribution in [1.82, 2.24) is 5.32 Å². The van der Waals surface area contributed by atoms with E-state index >= 15 is 0 Å². The molecule has 1 heterocycles. The predicted molar refractivity (Wildman–Crippen MR) is 71.9 cm³/mol. The summed E-state index contributed by atoms with van der Waals surface area (Å²) in [6.45, 7) is 3.83. The van der Waals surface area contributed by atoms with Crippen molar-refractivity contribution in [3.05, 3.63) is 59.0 Å². The summed E-state index contributed by atoms with van der Waals surface area (Å²) >= 11 is 0. The highest BCUT2D eigenvalue weighted by Gasteiger charge is 2.14. The molecule has 0 radical (unpaired) electrons. The monoisotopic (exact) mass is 259 g/mol. The van der Waals surface area contributed by atoms with E-state index in [1.54, 1.807) is 13.0 Å². The van der Waals surface area contributed by atoms with Crippen LogP contribution < -0.4 is 5.32 Å². The number of benzene rings is 1. The van der Waals surface area contributed by atoms with Crippen molar-refractivity contribution in [1.29, 1.82) is 0 Å². The molecule has 100 valence electrons. The Hall–Kier alpha value is -2.07. The predicted octanol–water partition coefficient (Wildman–Crippen LogP) is 2.36. The van der Waals surface area contributed by atoms with Crippen LogP contribution in [-0.4, -0.2) is 17.6 Å². The minimum atomic E-state index is -0.711. The first-order valence-corrected chi connectivity index (χ1v) is 6.15. The van der Waals surface area contributed by atoms with Crippen LogP contribution in [-0.2, 0) is 0 Å². The van der Waals surface area contributed by atoms with Crippen LogP contribution in [0.25, 0.3) is 0 Å². The molecule has 0 saturated carbocycles. The molecule has 0 fully saturated rings. The van der Waals surface area contributed by atoms with E-state index in [9.17, 15) is 9.90 Å². The number of aliphatic hydroxyl groups is 1. The number of furan rings is 1. The Morgan fingerprint density at radius 1 is 1.32 bits per heavy atom. The van der Waals surface area contributed by atoms with Crippen molar-refractivity contribution in [3.63, 3.8) is 0 Å². The van der Waals surface area contributed by atoms with Crippen LogP contribution in [0.2, 0.25) is 0 Å². The highest BCUT2D eigenvalue weighted by Crippen LogP contribution is 2.16. The summed E-state index contributed by atoms with van der Waals surface area (Å²) in [6, 6.07) is 9.19. The number of aliphatic hydroxyl groups excluding tert-OH is 1. The van der Waals surface area contributed by atoms with Crippen molar-refractivity contribution >= 4 is 5.91 Å². The summed E-state index contributed by atoms with van der Waals surface area (Å²) in [4.78, 5) is 11.9. The number of hydrogen-bond donors (Lipinski definition) is 2. The fourth-order valence-corrected chi connectivity index (χ4v) is 1.98. The number of amides is 1. The normalized spacial score (nSPS) is 12.2. The highest BCUT2D eigenvalue weighted by atomic mass is 16.3. The van der Waals surface area contributed by atoms with Crippen LogP contribution in [0, 0.1) is 13.8 Å². The maximum absolute atomic E-state index is 11.9. The first-order chi connectivity index (χ1) is 9.09. The van der Waals surface area contributed by atoms with Gasteiger partial charge in [-0.05, 0) is 31.0 Å². The third kappa shape index (κ3) is 3.03. The quantitative estimate of drug-likeness (QED) is 0.886. The Morgan fingerprint density at radius 3 is 2.68 bits per heavy atom. The zero-order chi connectivity index (χ0) is 13.8. The van der Waals surface area contributed by atoms with Gasteiger partial charge in [0.2, 0.25) is 0 Å². The van der Waals surface area contributed by atoms with Crippen molar-refractivity contribution < 1.29 is 14.3 Å². The van der Waals surface area contributed by atoms with Crippen molar-refractivity contribution in [2.75, 3.05) is 6.54 Å². The Morgan fingerprint density at radius 2 is 2.05 bits per heavy atom. The van der Waals surface area contributed by atoms with Gasteiger partial charge in [0.15, 0.2) is 0 Å². The lowest BCUT2D eigenvalue weighted by atomic mass is 10.0. The first-order valence-electron chi connectivity index (χ1n) is 6.15. The molecular weight excluding hydrogens is 242 g/mol. The van der Waals surface area contributed by atoms with Crippen LogP contribution in [0.1, 0.15) is 33.3 Å². The summed E-state index contributed by atoms with van der Waals surface area (Å²) in [5, 5.41) is 12.8. The van der Waals surface area contributed by atoms with Gasteiger partial charge in [-0.2, -0.15) is 0 Å². The molecular formula is C15H17NO3. The number of aryl methyl sites for hydroxylation is 2. The van der Waals surface area contributed by atoms with E-state index in [0.717, 1.165) is 11.1 Å². The summed E-state index contributed by atoms with van der Waals surface area (Å²) in [5.41, 5.74) is 2.33. The molecule has 0 aliphatic rings. The molecule has 4 nitrogen and oxygen atoms in total. The Kier molecular flexibility index (Phi) is 4.02. The number of nitrogens with one attached hydrogen (secondary N) is 1. The van der Waals surface area contributed by atoms with Crippen LogP contribution in [0.5, 0.6) is 0 Å². The lowest BCUT2D eigenvalue weighted by molar-refractivity contribution is 0.0914. The van der Waals surface area contributed by atoms with Crippen molar-refractivity contribution in [3.8, 4) is 0 Å². The zero-order valence-corrected chi connectivity index (χ0v) is 11.0. The largest absolute Gasteiger partial charge is 0.469 e. The molecule has 19 heavy (non-hydrogen) atoms. The van der Waals surface area contributed by atoms with Crippen LogP contribution in [0.4, 0.5) is 0 Å².